The Labute approximate surface area is 247 Å². The highest BCUT2D eigenvalue weighted by Crippen LogP contribution is 2.37. The maximum absolute atomic E-state index is 6.16. The van der Waals surface area contributed by atoms with Crippen LogP contribution in [0.15, 0.2) is 48.5 Å². The summed E-state index contributed by atoms with van der Waals surface area (Å²) in [6.07, 6.45) is 28.2. The summed E-state index contributed by atoms with van der Waals surface area (Å²) < 4.78 is 6.16. The minimum absolute atomic E-state index is 0.854. The molecular weight excluding hydrogens is 484 g/mol. The van der Waals surface area contributed by atoms with Crippen molar-refractivity contribution < 1.29 is 4.74 Å². The third-order valence-electron chi connectivity index (χ3n) is 10.4. The smallest absolute Gasteiger partial charge is 0.119 e. The average Bonchev–Trinajstić information content (AvgIpc) is 3.00. The molecular formula is C39H60O. The van der Waals surface area contributed by atoms with Crippen molar-refractivity contribution in [1.82, 2.24) is 0 Å². The summed E-state index contributed by atoms with van der Waals surface area (Å²) in [5.74, 6) is 4.91. The highest BCUT2D eigenvalue weighted by molar-refractivity contribution is 5.64. The fourth-order valence-electron chi connectivity index (χ4n) is 7.71. The van der Waals surface area contributed by atoms with Gasteiger partial charge in [-0.15, -0.1) is 0 Å². The zero-order chi connectivity index (χ0) is 27.8. The van der Waals surface area contributed by atoms with Gasteiger partial charge < -0.3 is 4.74 Å². The van der Waals surface area contributed by atoms with Crippen molar-refractivity contribution in [3.8, 4) is 16.9 Å². The number of benzene rings is 2. The molecule has 0 aromatic heterocycles. The monoisotopic (exact) mass is 544 g/mol. The Morgan fingerprint density at radius 1 is 0.550 bits per heavy atom. The van der Waals surface area contributed by atoms with Crippen molar-refractivity contribution in [3.63, 3.8) is 0 Å². The first kappa shape index (κ1) is 31.2. The molecule has 2 unspecified atom stereocenters. The lowest BCUT2D eigenvalue weighted by molar-refractivity contribution is 0.190. The third kappa shape index (κ3) is 10.6. The van der Waals surface area contributed by atoms with Gasteiger partial charge in [0.25, 0.3) is 0 Å². The summed E-state index contributed by atoms with van der Waals surface area (Å²) in [5, 5.41) is 0. The Morgan fingerprint density at radius 2 is 1.07 bits per heavy atom. The maximum atomic E-state index is 6.16. The minimum Gasteiger partial charge on any atom is -0.494 e. The Kier molecular flexibility index (Phi) is 14.0. The molecule has 222 valence electrons. The van der Waals surface area contributed by atoms with Gasteiger partial charge >= 0.3 is 0 Å². The average molecular weight is 545 g/mol. The summed E-state index contributed by atoms with van der Waals surface area (Å²) in [5.41, 5.74) is 4.10. The largest absolute Gasteiger partial charge is 0.494 e. The first-order chi connectivity index (χ1) is 19.7. The van der Waals surface area contributed by atoms with Crippen LogP contribution in [-0.2, 0) is 6.42 Å². The van der Waals surface area contributed by atoms with E-state index in [4.69, 9.17) is 4.74 Å². The van der Waals surface area contributed by atoms with E-state index in [1.807, 2.05) is 0 Å². The van der Waals surface area contributed by atoms with Crippen LogP contribution in [-0.4, -0.2) is 6.61 Å². The second-order valence-corrected chi connectivity index (χ2v) is 13.4. The quantitative estimate of drug-likeness (QED) is 0.180. The molecule has 2 aliphatic carbocycles. The lowest BCUT2D eigenvalue weighted by atomic mass is 9.74. The van der Waals surface area contributed by atoms with Crippen molar-refractivity contribution in [3.05, 3.63) is 54.1 Å². The molecule has 2 aromatic rings. The number of hydrogen-bond acceptors (Lipinski definition) is 1. The van der Waals surface area contributed by atoms with Crippen LogP contribution in [0.2, 0.25) is 0 Å². The molecule has 0 spiro atoms. The van der Waals surface area contributed by atoms with Gasteiger partial charge in [0, 0.05) is 0 Å². The number of hydrogen-bond donors (Lipinski definition) is 0. The van der Waals surface area contributed by atoms with E-state index in [-0.39, 0.29) is 0 Å². The van der Waals surface area contributed by atoms with Crippen LogP contribution in [0, 0.1) is 23.7 Å². The van der Waals surface area contributed by atoms with Crippen molar-refractivity contribution in [2.75, 3.05) is 6.61 Å². The number of ether oxygens (including phenoxy) is 1. The molecule has 2 aliphatic rings. The zero-order valence-electron chi connectivity index (χ0n) is 26.2. The zero-order valence-corrected chi connectivity index (χ0v) is 26.2. The van der Waals surface area contributed by atoms with E-state index in [2.05, 4.69) is 62.4 Å². The van der Waals surface area contributed by atoms with E-state index in [0.29, 0.717) is 0 Å². The van der Waals surface area contributed by atoms with Gasteiger partial charge in [-0.05, 0) is 78.2 Å². The van der Waals surface area contributed by atoms with Gasteiger partial charge in [-0.25, -0.2) is 0 Å². The van der Waals surface area contributed by atoms with Gasteiger partial charge in [0.15, 0.2) is 0 Å². The van der Waals surface area contributed by atoms with E-state index >= 15 is 0 Å². The van der Waals surface area contributed by atoms with Crippen molar-refractivity contribution in [2.24, 2.45) is 23.7 Å². The van der Waals surface area contributed by atoms with E-state index < -0.39 is 0 Å². The summed E-state index contributed by atoms with van der Waals surface area (Å²) in [6.45, 7) is 5.49. The molecule has 0 amide bonds. The van der Waals surface area contributed by atoms with Crippen LogP contribution >= 0.6 is 0 Å². The van der Waals surface area contributed by atoms with Crippen LogP contribution in [0.25, 0.3) is 11.1 Å². The molecule has 2 saturated carbocycles. The summed E-state index contributed by atoms with van der Waals surface area (Å²) in [7, 11) is 0. The Hall–Kier alpha value is -1.76. The Bertz CT molecular complexity index is 905. The molecule has 40 heavy (non-hydrogen) atoms. The molecule has 1 nitrogen and oxygen atoms in total. The van der Waals surface area contributed by atoms with Gasteiger partial charge in [-0.3, -0.25) is 0 Å². The van der Waals surface area contributed by atoms with Gasteiger partial charge in [0.05, 0.1) is 6.61 Å². The second kappa shape index (κ2) is 17.9. The molecule has 2 atom stereocenters. The molecule has 4 rings (SSSR count). The minimum atomic E-state index is 0.854. The predicted octanol–water partition coefficient (Wildman–Crippen LogP) is 12.2. The van der Waals surface area contributed by atoms with Crippen molar-refractivity contribution in [2.45, 2.75) is 142 Å². The number of unbranched alkanes of at least 4 members (excludes halogenated alkanes) is 4. The van der Waals surface area contributed by atoms with Crippen molar-refractivity contribution >= 4 is 0 Å². The lowest BCUT2D eigenvalue weighted by Crippen LogP contribution is -2.20. The summed E-state index contributed by atoms with van der Waals surface area (Å²) in [6, 6.07) is 18.1. The van der Waals surface area contributed by atoms with E-state index in [1.165, 1.54) is 145 Å². The Balaban J connectivity index is 1.13. The fourth-order valence-corrected chi connectivity index (χ4v) is 7.71. The van der Waals surface area contributed by atoms with Gasteiger partial charge in [-0.1, -0.05) is 153 Å². The molecule has 0 N–H and O–H groups in total. The lowest BCUT2D eigenvalue weighted by Gasteiger charge is -2.31. The van der Waals surface area contributed by atoms with Crippen LogP contribution < -0.4 is 4.74 Å². The number of rotatable bonds is 17. The van der Waals surface area contributed by atoms with Crippen LogP contribution in [0.4, 0.5) is 0 Å². The molecule has 2 aromatic carbocycles. The number of aryl methyl sites for hydroxylation is 1. The fraction of sp³-hybridized carbons (Fsp3) is 0.692. The predicted molar refractivity (Wildman–Crippen MR) is 174 cm³/mol. The highest BCUT2D eigenvalue weighted by Gasteiger charge is 2.24. The topological polar surface area (TPSA) is 9.23 Å². The van der Waals surface area contributed by atoms with Gasteiger partial charge in [0.2, 0.25) is 0 Å². The molecule has 1 heteroatoms. The van der Waals surface area contributed by atoms with E-state index in [1.54, 1.807) is 0 Å². The van der Waals surface area contributed by atoms with E-state index in [0.717, 1.165) is 36.0 Å². The van der Waals surface area contributed by atoms with Crippen LogP contribution in [0.3, 0.4) is 0 Å². The first-order valence-corrected chi connectivity index (χ1v) is 17.6. The second-order valence-electron chi connectivity index (χ2n) is 13.4. The standard InChI is InChI=1S/C39H60O/c1-3-5-7-12-32-17-19-33(20-18-32)21-22-34-23-25-37(26-24-34)38-27-29-39(30-28-38)40-31-11-16-36-15-10-9-14-35(36)13-8-6-4-2/h23-30,32-33,35-36H,3-22,31H2,1-2H3. The third-order valence-corrected chi connectivity index (χ3v) is 10.4. The molecule has 0 saturated heterocycles. The highest BCUT2D eigenvalue weighted by atomic mass is 16.5. The van der Waals surface area contributed by atoms with Crippen LogP contribution in [0.5, 0.6) is 5.75 Å². The van der Waals surface area contributed by atoms with Gasteiger partial charge in [0.1, 0.15) is 5.75 Å². The molecule has 0 aliphatic heterocycles. The normalized spacial score (nSPS) is 23.2. The summed E-state index contributed by atoms with van der Waals surface area (Å²) in [4.78, 5) is 0. The van der Waals surface area contributed by atoms with Crippen molar-refractivity contribution in [1.29, 1.82) is 0 Å². The first-order valence-electron chi connectivity index (χ1n) is 17.6. The Morgan fingerprint density at radius 3 is 1.68 bits per heavy atom. The SMILES string of the molecule is CCCCCC1CCC(CCc2ccc(-c3ccc(OCCCC4CCCCC4CCCCC)cc3)cc2)CC1. The maximum Gasteiger partial charge on any atom is 0.119 e. The molecule has 0 heterocycles. The molecule has 2 fully saturated rings. The van der Waals surface area contributed by atoms with Gasteiger partial charge in [-0.2, -0.15) is 0 Å². The summed E-state index contributed by atoms with van der Waals surface area (Å²) >= 11 is 0. The van der Waals surface area contributed by atoms with E-state index in [9.17, 15) is 0 Å². The molecule has 0 bridgehead atoms. The van der Waals surface area contributed by atoms with Crippen LogP contribution in [0.1, 0.15) is 141 Å². The molecule has 0 radical (unpaired) electrons.